The number of likely N-dealkylation sites (N-methyl/N-ethyl adjacent to an activating group) is 2. The fraction of sp³-hybridized carbons (Fsp3) is 0.333. The van der Waals surface area contributed by atoms with E-state index in [9.17, 15) is 0 Å². The van der Waals surface area contributed by atoms with Gasteiger partial charge in [0, 0.05) is 43.0 Å². The van der Waals surface area contributed by atoms with Crippen molar-refractivity contribution >= 4 is 27.3 Å². The first-order valence-corrected chi connectivity index (χ1v) is 8.32. The molecule has 0 spiro atoms. The van der Waals surface area contributed by atoms with Crippen molar-refractivity contribution in [3.63, 3.8) is 0 Å². The zero-order valence-corrected chi connectivity index (χ0v) is 15.3. The van der Waals surface area contributed by atoms with Crippen LogP contribution in [0.4, 0.5) is 11.4 Å². The molecule has 0 unspecified atom stereocenters. The van der Waals surface area contributed by atoms with Gasteiger partial charge in [-0.25, -0.2) is 0 Å². The zero-order chi connectivity index (χ0) is 17.1. The summed E-state index contributed by atoms with van der Waals surface area (Å²) in [6.45, 7) is 1.74. The van der Waals surface area contributed by atoms with Crippen LogP contribution in [-0.2, 0) is 0 Å². The predicted molar refractivity (Wildman–Crippen MR) is 101 cm³/mol. The van der Waals surface area contributed by atoms with Crippen molar-refractivity contribution in [2.45, 2.75) is 0 Å². The fourth-order valence-electron chi connectivity index (χ4n) is 1.94. The van der Waals surface area contributed by atoms with Crippen LogP contribution in [0.25, 0.3) is 0 Å². The number of rotatable bonds is 6. The molecule has 2 N–H and O–H groups in total. The first-order valence-electron chi connectivity index (χ1n) is 7.53. The molecule has 23 heavy (non-hydrogen) atoms. The van der Waals surface area contributed by atoms with Crippen molar-refractivity contribution in [1.82, 2.24) is 0 Å². The number of aliphatic hydroxyl groups excluding tert-OH is 2. The molecule has 0 aliphatic rings. The predicted octanol–water partition coefficient (Wildman–Crippen LogP) is 2.99. The summed E-state index contributed by atoms with van der Waals surface area (Å²) in [5.41, 5.74) is 2.26. The van der Waals surface area contributed by atoms with Crippen LogP contribution in [0, 0.1) is 0 Å². The lowest BCUT2D eigenvalue weighted by Crippen LogP contribution is -2.20. The Balaban J connectivity index is 0.000000231. The SMILES string of the molecule is CN(CCO)c1ccc(Br)cc1.CN(CCO)c1ccccc1. The Morgan fingerprint density at radius 3 is 1.61 bits per heavy atom. The molecule has 0 radical (unpaired) electrons. The molecule has 0 amide bonds. The van der Waals surface area contributed by atoms with E-state index >= 15 is 0 Å². The zero-order valence-electron chi connectivity index (χ0n) is 13.7. The molecule has 0 saturated heterocycles. The smallest absolute Gasteiger partial charge is 0.0606 e. The summed E-state index contributed by atoms with van der Waals surface area (Å²) in [6.07, 6.45) is 0. The summed E-state index contributed by atoms with van der Waals surface area (Å²) in [5.74, 6) is 0. The molecule has 5 heteroatoms. The molecule has 0 fully saturated rings. The first-order chi connectivity index (χ1) is 11.1. The largest absolute Gasteiger partial charge is 0.395 e. The van der Waals surface area contributed by atoms with E-state index < -0.39 is 0 Å². The van der Waals surface area contributed by atoms with Crippen LogP contribution in [0.2, 0.25) is 0 Å². The maximum Gasteiger partial charge on any atom is 0.0606 e. The number of halogens is 1. The molecule has 0 saturated carbocycles. The Hall–Kier alpha value is -1.56. The standard InChI is InChI=1S/C9H12BrNO.C9H13NO/c1-11(6-7-12)9-4-2-8(10)3-5-9;1-10(7-8-11)9-5-3-2-4-6-9/h2-5,12H,6-7H2,1H3;2-6,11H,7-8H2,1H3. The number of hydrogen-bond donors (Lipinski definition) is 2. The van der Waals surface area contributed by atoms with E-state index in [1.54, 1.807) is 0 Å². The normalized spacial score (nSPS) is 9.78. The van der Waals surface area contributed by atoms with Crippen LogP contribution >= 0.6 is 15.9 Å². The average Bonchev–Trinajstić information content (AvgIpc) is 2.57. The van der Waals surface area contributed by atoms with Crippen LogP contribution in [-0.4, -0.2) is 50.6 Å². The van der Waals surface area contributed by atoms with Crippen LogP contribution in [0.3, 0.4) is 0 Å². The number of nitrogens with zero attached hydrogens (tertiary/aromatic N) is 2. The van der Waals surface area contributed by atoms with E-state index in [1.165, 1.54) is 0 Å². The van der Waals surface area contributed by atoms with Gasteiger partial charge in [0.05, 0.1) is 13.2 Å². The molecule has 2 aromatic carbocycles. The third-order valence-electron chi connectivity index (χ3n) is 3.34. The van der Waals surface area contributed by atoms with Crippen LogP contribution in [0.5, 0.6) is 0 Å². The minimum atomic E-state index is 0.187. The third-order valence-corrected chi connectivity index (χ3v) is 3.86. The second-order valence-corrected chi connectivity index (χ2v) is 6.02. The first kappa shape index (κ1) is 19.5. The molecule has 0 aliphatic heterocycles. The molecule has 0 bridgehead atoms. The molecule has 0 heterocycles. The third kappa shape index (κ3) is 7.50. The average molecular weight is 381 g/mol. The quantitative estimate of drug-likeness (QED) is 0.808. The van der Waals surface area contributed by atoms with Gasteiger partial charge in [-0.3, -0.25) is 0 Å². The summed E-state index contributed by atoms with van der Waals surface area (Å²) in [7, 11) is 3.92. The highest BCUT2D eigenvalue weighted by Gasteiger charge is 1.98. The Morgan fingerprint density at radius 2 is 1.17 bits per heavy atom. The van der Waals surface area contributed by atoms with Crippen LogP contribution in [0.1, 0.15) is 0 Å². The topological polar surface area (TPSA) is 46.9 Å². The Bertz CT molecular complexity index is 534. The lowest BCUT2D eigenvalue weighted by Gasteiger charge is -2.17. The summed E-state index contributed by atoms with van der Waals surface area (Å²) in [4.78, 5) is 4.02. The van der Waals surface area contributed by atoms with Gasteiger partial charge >= 0.3 is 0 Å². The number of benzene rings is 2. The van der Waals surface area contributed by atoms with E-state index in [2.05, 4.69) is 15.9 Å². The molecular weight excluding hydrogens is 356 g/mol. The number of hydrogen-bond acceptors (Lipinski definition) is 4. The van der Waals surface area contributed by atoms with Crippen molar-refractivity contribution in [3.8, 4) is 0 Å². The fourth-order valence-corrected chi connectivity index (χ4v) is 2.20. The van der Waals surface area contributed by atoms with E-state index in [0.717, 1.165) is 15.8 Å². The van der Waals surface area contributed by atoms with Crippen molar-refractivity contribution in [2.75, 3.05) is 50.2 Å². The second kappa shape index (κ2) is 11.0. The Labute approximate surface area is 147 Å². The van der Waals surface area contributed by atoms with Crippen molar-refractivity contribution in [3.05, 3.63) is 59.1 Å². The van der Waals surface area contributed by atoms with Gasteiger partial charge in [-0.1, -0.05) is 34.1 Å². The minimum absolute atomic E-state index is 0.187. The van der Waals surface area contributed by atoms with Crippen molar-refractivity contribution < 1.29 is 10.2 Å². The second-order valence-electron chi connectivity index (χ2n) is 5.10. The Kier molecular flexibility index (Phi) is 9.36. The van der Waals surface area contributed by atoms with E-state index in [0.29, 0.717) is 13.1 Å². The summed E-state index contributed by atoms with van der Waals surface area (Å²) < 4.78 is 1.07. The van der Waals surface area contributed by atoms with Gasteiger partial charge in [0.25, 0.3) is 0 Å². The summed E-state index contributed by atoms with van der Waals surface area (Å²) in [5, 5.41) is 17.4. The number of para-hydroxylation sites is 1. The number of aliphatic hydroxyl groups is 2. The highest BCUT2D eigenvalue weighted by molar-refractivity contribution is 9.10. The van der Waals surface area contributed by atoms with Gasteiger partial charge in [-0.15, -0.1) is 0 Å². The van der Waals surface area contributed by atoms with Crippen molar-refractivity contribution in [2.24, 2.45) is 0 Å². The summed E-state index contributed by atoms with van der Waals surface area (Å²) >= 11 is 3.37. The van der Waals surface area contributed by atoms with Gasteiger partial charge in [-0.2, -0.15) is 0 Å². The molecule has 4 nitrogen and oxygen atoms in total. The van der Waals surface area contributed by atoms with Crippen LogP contribution in [0.15, 0.2) is 59.1 Å². The highest BCUT2D eigenvalue weighted by atomic mass is 79.9. The van der Waals surface area contributed by atoms with Gasteiger partial charge in [0.1, 0.15) is 0 Å². The molecule has 0 aliphatic carbocycles. The van der Waals surface area contributed by atoms with Gasteiger partial charge in [-0.05, 0) is 36.4 Å². The van der Waals surface area contributed by atoms with Gasteiger partial charge in [0.2, 0.25) is 0 Å². The van der Waals surface area contributed by atoms with E-state index in [4.69, 9.17) is 10.2 Å². The maximum atomic E-state index is 8.70. The number of anilines is 2. The lowest BCUT2D eigenvalue weighted by atomic mass is 10.3. The molecule has 2 rings (SSSR count). The van der Waals surface area contributed by atoms with Crippen LogP contribution < -0.4 is 9.80 Å². The molecule has 0 aromatic heterocycles. The van der Waals surface area contributed by atoms with Crippen molar-refractivity contribution in [1.29, 1.82) is 0 Å². The molecular formula is C18H25BrN2O2. The van der Waals surface area contributed by atoms with E-state index in [1.807, 2.05) is 78.5 Å². The molecule has 126 valence electrons. The van der Waals surface area contributed by atoms with E-state index in [-0.39, 0.29) is 13.2 Å². The minimum Gasteiger partial charge on any atom is -0.395 e. The monoisotopic (exact) mass is 380 g/mol. The molecule has 0 atom stereocenters. The lowest BCUT2D eigenvalue weighted by molar-refractivity contribution is 0.304. The van der Waals surface area contributed by atoms with Gasteiger partial charge < -0.3 is 20.0 Å². The molecule has 2 aromatic rings. The maximum absolute atomic E-state index is 8.70. The van der Waals surface area contributed by atoms with Gasteiger partial charge in [0.15, 0.2) is 0 Å². The summed E-state index contributed by atoms with van der Waals surface area (Å²) in [6, 6.07) is 18.0. The highest BCUT2D eigenvalue weighted by Crippen LogP contribution is 2.16. The Morgan fingerprint density at radius 1 is 0.739 bits per heavy atom.